The summed E-state index contributed by atoms with van der Waals surface area (Å²) in [6.45, 7) is 10.2. The summed E-state index contributed by atoms with van der Waals surface area (Å²) < 4.78 is 1.99. The topological polar surface area (TPSA) is 72.9 Å². The molecule has 0 spiro atoms. The van der Waals surface area contributed by atoms with Crippen molar-refractivity contribution in [1.29, 1.82) is 0 Å². The number of nitrogens with zero attached hydrogens (tertiary/aromatic N) is 2. The third-order valence-electron chi connectivity index (χ3n) is 2.87. The molecule has 0 atom stereocenters. The molecule has 0 saturated heterocycles. The first-order valence-electron chi connectivity index (χ1n) is 6.45. The van der Waals surface area contributed by atoms with Crippen molar-refractivity contribution in [3.63, 3.8) is 0 Å². The Bertz CT molecular complexity index is 415. The van der Waals surface area contributed by atoms with Gasteiger partial charge in [-0.1, -0.05) is 13.8 Å². The molecule has 6 heteroatoms. The fraction of sp³-hybridized carbons (Fsp3) is 0.692. The van der Waals surface area contributed by atoms with Crippen molar-refractivity contribution in [1.82, 2.24) is 15.1 Å². The standard InChI is InChI=1S/C13H24N4O.ClH/c1-9(2)8-17-11(4)12(10(3)16-17)7-13(18)15-6-5-14;/h9H,5-8,14H2,1-4H3,(H,15,18);1H. The molecule has 1 heterocycles. The van der Waals surface area contributed by atoms with E-state index >= 15 is 0 Å². The fourth-order valence-corrected chi connectivity index (χ4v) is 1.95. The Hall–Kier alpha value is -1.07. The molecule has 1 rings (SSSR count). The molecule has 1 aromatic rings. The van der Waals surface area contributed by atoms with Gasteiger partial charge < -0.3 is 11.1 Å². The molecule has 0 unspecified atom stereocenters. The first-order chi connectivity index (χ1) is 8.45. The van der Waals surface area contributed by atoms with Crippen molar-refractivity contribution in [3.05, 3.63) is 17.0 Å². The monoisotopic (exact) mass is 288 g/mol. The maximum atomic E-state index is 11.7. The van der Waals surface area contributed by atoms with Crippen LogP contribution in [0.4, 0.5) is 0 Å². The lowest BCUT2D eigenvalue weighted by molar-refractivity contribution is -0.120. The zero-order valence-electron chi connectivity index (χ0n) is 12.2. The normalized spacial score (nSPS) is 10.4. The number of nitrogens with two attached hydrogens (primary N) is 1. The second kappa shape index (κ2) is 8.17. The second-order valence-electron chi connectivity index (χ2n) is 5.04. The van der Waals surface area contributed by atoms with E-state index in [0.29, 0.717) is 25.4 Å². The van der Waals surface area contributed by atoms with Crippen LogP contribution in [0.2, 0.25) is 0 Å². The highest BCUT2D eigenvalue weighted by Gasteiger charge is 2.15. The van der Waals surface area contributed by atoms with Crippen LogP contribution >= 0.6 is 12.4 Å². The Balaban J connectivity index is 0.00000324. The number of nitrogens with one attached hydrogen (secondary N) is 1. The van der Waals surface area contributed by atoms with Gasteiger partial charge in [0.1, 0.15) is 0 Å². The number of halogens is 1. The zero-order chi connectivity index (χ0) is 13.7. The Morgan fingerprint density at radius 2 is 2.05 bits per heavy atom. The summed E-state index contributed by atoms with van der Waals surface area (Å²) >= 11 is 0. The molecule has 0 bridgehead atoms. The van der Waals surface area contributed by atoms with Crippen molar-refractivity contribution in [2.75, 3.05) is 13.1 Å². The van der Waals surface area contributed by atoms with Gasteiger partial charge in [-0.25, -0.2) is 0 Å². The van der Waals surface area contributed by atoms with Gasteiger partial charge in [-0.05, 0) is 19.8 Å². The Labute approximate surface area is 121 Å². The lowest BCUT2D eigenvalue weighted by atomic mass is 10.1. The van der Waals surface area contributed by atoms with E-state index in [1.54, 1.807) is 0 Å². The first-order valence-corrected chi connectivity index (χ1v) is 6.45. The van der Waals surface area contributed by atoms with E-state index in [9.17, 15) is 4.79 Å². The average molecular weight is 289 g/mol. The first kappa shape index (κ1) is 17.9. The smallest absolute Gasteiger partial charge is 0.224 e. The second-order valence-corrected chi connectivity index (χ2v) is 5.04. The van der Waals surface area contributed by atoms with Gasteiger partial charge >= 0.3 is 0 Å². The number of hydrogen-bond donors (Lipinski definition) is 2. The van der Waals surface area contributed by atoms with Crippen molar-refractivity contribution in [2.24, 2.45) is 11.7 Å². The minimum absolute atomic E-state index is 0. The predicted octanol–water partition coefficient (Wildman–Crippen LogP) is 1.20. The molecular weight excluding hydrogens is 264 g/mol. The molecule has 0 radical (unpaired) electrons. The molecule has 0 saturated carbocycles. The van der Waals surface area contributed by atoms with E-state index in [-0.39, 0.29) is 18.3 Å². The highest BCUT2D eigenvalue weighted by molar-refractivity contribution is 5.85. The maximum absolute atomic E-state index is 11.7. The predicted molar refractivity (Wildman–Crippen MR) is 79.6 cm³/mol. The number of aryl methyl sites for hydroxylation is 1. The van der Waals surface area contributed by atoms with Gasteiger partial charge in [-0.2, -0.15) is 5.10 Å². The van der Waals surface area contributed by atoms with Crippen LogP contribution in [-0.4, -0.2) is 28.8 Å². The van der Waals surface area contributed by atoms with Crippen molar-refractivity contribution >= 4 is 18.3 Å². The van der Waals surface area contributed by atoms with Gasteiger partial charge in [0, 0.05) is 30.9 Å². The van der Waals surface area contributed by atoms with E-state index in [0.717, 1.165) is 23.5 Å². The molecule has 19 heavy (non-hydrogen) atoms. The minimum atomic E-state index is 0. The molecule has 0 aliphatic heterocycles. The van der Waals surface area contributed by atoms with Crippen LogP contribution in [0.3, 0.4) is 0 Å². The molecule has 0 fully saturated rings. The number of carbonyl (C=O) groups excluding carboxylic acids is 1. The van der Waals surface area contributed by atoms with E-state index in [4.69, 9.17) is 5.73 Å². The van der Waals surface area contributed by atoms with Gasteiger partial charge in [0.25, 0.3) is 0 Å². The van der Waals surface area contributed by atoms with Crippen LogP contribution in [-0.2, 0) is 17.8 Å². The van der Waals surface area contributed by atoms with Crippen LogP contribution in [0, 0.1) is 19.8 Å². The van der Waals surface area contributed by atoms with Crippen LogP contribution < -0.4 is 11.1 Å². The highest BCUT2D eigenvalue weighted by Crippen LogP contribution is 2.15. The van der Waals surface area contributed by atoms with Crippen LogP contribution in [0.5, 0.6) is 0 Å². The molecule has 3 N–H and O–H groups in total. The van der Waals surface area contributed by atoms with Crippen LogP contribution in [0.25, 0.3) is 0 Å². The molecule has 1 amide bonds. The van der Waals surface area contributed by atoms with Gasteiger partial charge in [0.15, 0.2) is 0 Å². The molecule has 110 valence electrons. The molecular formula is C13H25ClN4O. The quantitative estimate of drug-likeness (QED) is 0.826. The number of amides is 1. The Kier molecular flexibility index (Phi) is 7.71. The maximum Gasteiger partial charge on any atom is 0.224 e. The van der Waals surface area contributed by atoms with Crippen molar-refractivity contribution < 1.29 is 4.79 Å². The summed E-state index contributed by atoms with van der Waals surface area (Å²) in [7, 11) is 0. The van der Waals surface area contributed by atoms with E-state index in [2.05, 4.69) is 24.3 Å². The minimum Gasteiger partial charge on any atom is -0.355 e. The van der Waals surface area contributed by atoms with Gasteiger partial charge in [-0.3, -0.25) is 9.48 Å². The Morgan fingerprint density at radius 1 is 1.42 bits per heavy atom. The van der Waals surface area contributed by atoms with Crippen LogP contribution in [0.15, 0.2) is 0 Å². The summed E-state index contributed by atoms with van der Waals surface area (Å²) in [6, 6.07) is 0. The fourth-order valence-electron chi connectivity index (χ4n) is 1.95. The van der Waals surface area contributed by atoms with Gasteiger partial charge in [-0.15, -0.1) is 12.4 Å². The largest absolute Gasteiger partial charge is 0.355 e. The number of aromatic nitrogens is 2. The summed E-state index contributed by atoms with van der Waals surface area (Å²) in [5.41, 5.74) is 8.42. The summed E-state index contributed by atoms with van der Waals surface area (Å²) in [6.07, 6.45) is 0.385. The lowest BCUT2D eigenvalue weighted by Gasteiger charge is -2.08. The van der Waals surface area contributed by atoms with E-state index < -0.39 is 0 Å². The summed E-state index contributed by atoms with van der Waals surface area (Å²) in [5, 5.41) is 7.28. The molecule has 0 aromatic carbocycles. The number of rotatable bonds is 6. The third kappa shape index (κ3) is 5.20. The van der Waals surface area contributed by atoms with Gasteiger partial charge in [0.05, 0.1) is 12.1 Å². The van der Waals surface area contributed by atoms with Crippen LogP contribution in [0.1, 0.15) is 30.8 Å². The lowest BCUT2D eigenvalue weighted by Crippen LogP contribution is -2.30. The van der Waals surface area contributed by atoms with Crippen molar-refractivity contribution in [3.8, 4) is 0 Å². The summed E-state index contributed by atoms with van der Waals surface area (Å²) in [4.78, 5) is 11.7. The molecule has 5 nitrogen and oxygen atoms in total. The number of hydrogen-bond acceptors (Lipinski definition) is 3. The molecule has 0 aliphatic rings. The SMILES string of the molecule is Cc1nn(CC(C)C)c(C)c1CC(=O)NCCN.Cl. The highest BCUT2D eigenvalue weighted by atomic mass is 35.5. The average Bonchev–Trinajstić information content (AvgIpc) is 2.53. The molecule has 1 aromatic heterocycles. The third-order valence-corrected chi connectivity index (χ3v) is 2.87. The summed E-state index contributed by atoms with van der Waals surface area (Å²) in [5.74, 6) is 0.553. The molecule has 0 aliphatic carbocycles. The van der Waals surface area contributed by atoms with Gasteiger partial charge in [0.2, 0.25) is 5.91 Å². The van der Waals surface area contributed by atoms with E-state index in [1.807, 2.05) is 18.5 Å². The van der Waals surface area contributed by atoms with Crippen molar-refractivity contribution in [2.45, 2.75) is 40.7 Å². The number of carbonyl (C=O) groups is 1. The zero-order valence-corrected chi connectivity index (χ0v) is 13.0. The Morgan fingerprint density at radius 3 is 2.58 bits per heavy atom. The van der Waals surface area contributed by atoms with E-state index in [1.165, 1.54) is 0 Å².